The van der Waals surface area contributed by atoms with E-state index in [2.05, 4.69) is 27.1 Å². The average Bonchev–Trinajstić information content (AvgIpc) is 3.02. The number of nitrogen functional groups attached to an aromatic ring is 1. The molecular formula is C20H24FN7. The zero-order valence-corrected chi connectivity index (χ0v) is 16.0. The maximum atomic E-state index is 14.3. The number of imidazole rings is 1. The number of aromatic nitrogens is 2. The summed E-state index contributed by atoms with van der Waals surface area (Å²) < 4.78 is 15.9. The molecule has 28 heavy (non-hydrogen) atoms. The summed E-state index contributed by atoms with van der Waals surface area (Å²) in [5.74, 6) is -0.202. The molecule has 1 aliphatic heterocycles. The van der Waals surface area contributed by atoms with Crippen molar-refractivity contribution >= 4 is 28.5 Å². The lowest BCUT2D eigenvalue weighted by Crippen LogP contribution is -2.49. The van der Waals surface area contributed by atoms with Crippen LogP contribution in [0.1, 0.15) is 18.2 Å². The van der Waals surface area contributed by atoms with Gasteiger partial charge in [0, 0.05) is 61.1 Å². The molecule has 4 rings (SSSR count). The lowest BCUT2D eigenvalue weighted by atomic mass is 10.1. The molecule has 5 N–H and O–H groups in total. The Hall–Kier alpha value is -3.13. The van der Waals surface area contributed by atoms with Gasteiger partial charge in [0.2, 0.25) is 0 Å². The summed E-state index contributed by atoms with van der Waals surface area (Å²) in [6, 6.07) is 7.53. The summed E-state index contributed by atoms with van der Waals surface area (Å²) in [6.45, 7) is 6.76. The summed E-state index contributed by atoms with van der Waals surface area (Å²) in [6.07, 6.45) is 3.43. The van der Waals surface area contributed by atoms with Crippen molar-refractivity contribution in [2.24, 2.45) is 10.7 Å². The van der Waals surface area contributed by atoms with Crippen LogP contribution in [0.15, 0.2) is 41.7 Å². The highest BCUT2D eigenvalue weighted by molar-refractivity contribution is 6.03. The van der Waals surface area contributed by atoms with E-state index in [9.17, 15) is 4.39 Å². The number of piperazine rings is 1. The molecule has 146 valence electrons. The van der Waals surface area contributed by atoms with Gasteiger partial charge >= 0.3 is 0 Å². The van der Waals surface area contributed by atoms with Crippen molar-refractivity contribution in [2.45, 2.75) is 19.9 Å². The number of hydrogen-bond acceptors (Lipinski definition) is 5. The fourth-order valence-electron chi connectivity index (χ4n) is 3.57. The number of hydrogen-bond donors (Lipinski definition) is 3. The lowest BCUT2D eigenvalue weighted by Gasteiger charge is -2.34. The first-order valence-corrected chi connectivity index (χ1v) is 9.28. The van der Waals surface area contributed by atoms with Crippen LogP contribution in [0.4, 0.5) is 21.5 Å². The molecule has 1 atom stereocenters. The largest absolute Gasteiger partial charge is 0.398 e. The van der Waals surface area contributed by atoms with Crippen molar-refractivity contribution in [3.63, 3.8) is 0 Å². The molecule has 0 radical (unpaired) electrons. The maximum Gasteiger partial charge on any atom is 0.173 e. The van der Waals surface area contributed by atoms with E-state index in [1.165, 1.54) is 6.07 Å². The van der Waals surface area contributed by atoms with Crippen LogP contribution in [-0.4, -0.2) is 40.9 Å². The molecule has 1 unspecified atom stereocenters. The highest BCUT2D eigenvalue weighted by Gasteiger charge is 2.17. The second kappa shape index (κ2) is 7.12. The zero-order chi connectivity index (χ0) is 19.8. The molecule has 0 amide bonds. The molecule has 1 fully saturated rings. The molecule has 8 heteroatoms. The maximum absolute atomic E-state index is 14.3. The molecule has 0 bridgehead atoms. The number of nitrogens with two attached hydrogens (primary N) is 2. The summed E-state index contributed by atoms with van der Waals surface area (Å²) >= 11 is 0. The molecule has 3 aromatic rings. The van der Waals surface area contributed by atoms with Crippen molar-refractivity contribution in [1.29, 1.82) is 0 Å². The summed E-state index contributed by atoms with van der Waals surface area (Å²) in [5, 5.41) is 3.42. The van der Waals surface area contributed by atoms with Gasteiger partial charge in [-0.3, -0.25) is 0 Å². The number of benzene rings is 1. The zero-order valence-electron chi connectivity index (χ0n) is 16.0. The Bertz CT molecular complexity index is 1060. The van der Waals surface area contributed by atoms with Crippen LogP contribution < -0.4 is 21.7 Å². The first-order chi connectivity index (χ1) is 13.4. The SMILES string of the molecule is Cc1cn2cc(N=C(N)c3ccc(N4CCNC(C)C4)cc3N)cc(F)c2n1. The second-order valence-corrected chi connectivity index (χ2v) is 7.23. The Labute approximate surface area is 162 Å². The topological polar surface area (TPSA) is 97.0 Å². The van der Waals surface area contributed by atoms with Gasteiger partial charge in [-0.05, 0) is 32.0 Å². The van der Waals surface area contributed by atoms with Gasteiger partial charge < -0.3 is 26.1 Å². The molecule has 0 spiro atoms. The van der Waals surface area contributed by atoms with Crippen molar-refractivity contribution in [2.75, 3.05) is 30.3 Å². The van der Waals surface area contributed by atoms with E-state index in [1.54, 1.807) is 16.8 Å². The highest BCUT2D eigenvalue weighted by Crippen LogP contribution is 2.24. The van der Waals surface area contributed by atoms with E-state index in [1.807, 2.05) is 25.1 Å². The minimum absolute atomic E-state index is 0.244. The number of amidine groups is 1. The third-order valence-corrected chi connectivity index (χ3v) is 4.91. The van der Waals surface area contributed by atoms with Gasteiger partial charge in [-0.2, -0.15) is 0 Å². The van der Waals surface area contributed by atoms with Crippen molar-refractivity contribution in [1.82, 2.24) is 14.7 Å². The fourth-order valence-corrected chi connectivity index (χ4v) is 3.57. The van der Waals surface area contributed by atoms with Crippen LogP contribution in [0, 0.1) is 12.7 Å². The van der Waals surface area contributed by atoms with Crippen molar-refractivity contribution in [3.8, 4) is 0 Å². The quantitative estimate of drug-likeness (QED) is 0.367. The number of nitrogens with zero attached hydrogens (tertiary/aromatic N) is 4. The Morgan fingerprint density at radius 1 is 1.32 bits per heavy atom. The van der Waals surface area contributed by atoms with Gasteiger partial charge in [0.15, 0.2) is 11.5 Å². The molecule has 7 nitrogen and oxygen atoms in total. The van der Waals surface area contributed by atoms with E-state index in [-0.39, 0.29) is 11.5 Å². The van der Waals surface area contributed by atoms with E-state index in [4.69, 9.17) is 11.5 Å². The number of halogens is 1. The minimum Gasteiger partial charge on any atom is -0.398 e. The number of pyridine rings is 1. The van der Waals surface area contributed by atoms with E-state index >= 15 is 0 Å². The van der Waals surface area contributed by atoms with Gasteiger partial charge in [-0.25, -0.2) is 14.4 Å². The third-order valence-electron chi connectivity index (χ3n) is 4.91. The molecule has 0 saturated carbocycles. The second-order valence-electron chi connectivity index (χ2n) is 7.23. The number of fused-ring (bicyclic) bond motifs is 1. The standard InChI is InChI=1S/C20H24FN7/c1-12-9-27(6-5-24-12)15-3-4-16(18(22)8-15)19(23)26-14-7-17(21)20-25-13(2)10-28(20)11-14/h3-4,7-8,10-12,24H,5-6,9,22H2,1-2H3,(H2,23,26). The molecule has 3 heterocycles. The van der Waals surface area contributed by atoms with Crippen LogP contribution in [-0.2, 0) is 0 Å². The molecular weight excluding hydrogens is 357 g/mol. The fraction of sp³-hybridized carbons (Fsp3) is 0.300. The predicted molar refractivity (Wildman–Crippen MR) is 111 cm³/mol. The first kappa shape index (κ1) is 18.2. The van der Waals surface area contributed by atoms with Crippen LogP contribution >= 0.6 is 0 Å². The number of aliphatic imine (C=N–C) groups is 1. The van der Waals surface area contributed by atoms with Crippen LogP contribution in [0.5, 0.6) is 0 Å². The molecule has 1 saturated heterocycles. The number of anilines is 2. The van der Waals surface area contributed by atoms with Crippen molar-refractivity contribution in [3.05, 3.63) is 53.7 Å². The van der Waals surface area contributed by atoms with Crippen molar-refractivity contribution < 1.29 is 4.39 Å². The van der Waals surface area contributed by atoms with Crippen LogP contribution in [0.3, 0.4) is 0 Å². The Morgan fingerprint density at radius 2 is 2.14 bits per heavy atom. The number of aryl methyl sites for hydroxylation is 1. The average molecular weight is 381 g/mol. The van der Waals surface area contributed by atoms with E-state index in [0.29, 0.717) is 23.0 Å². The van der Waals surface area contributed by atoms with Crippen LogP contribution in [0.25, 0.3) is 5.65 Å². The third kappa shape index (κ3) is 3.50. The Balaban J connectivity index is 1.63. The van der Waals surface area contributed by atoms with Gasteiger partial charge in [0.1, 0.15) is 5.84 Å². The van der Waals surface area contributed by atoms with Crippen LogP contribution in [0.2, 0.25) is 0 Å². The van der Waals surface area contributed by atoms with E-state index < -0.39 is 5.82 Å². The van der Waals surface area contributed by atoms with Gasteiger partial charge in [0.05, 0.1) is 11.4 Å². The summed E-state index contributed by atoms with van der Waals surface area (Å²) in [4.78, 5) is 10.8. The van der Waals surface area contributed by atoms with E-state index in [0.717, 1.165) is 31.0 Å². The summed E-state index contributed by atoms with van der Waals surface area (Å²) in [5.41, 5.74) is 16.1. The van der Waals surface area contributed by atoms with Gasteiger partial charge in [0.25, 0.3) is 0 Å². The first-order valence-electron chi connectivity index (χ1n) is 9.28. The Morgan fingerprint density at radius 3 is 2.89 bits per heavy atom. The van der Waals surface area contributed by atoms with Gasteiger partial charge in [-0.15, -0.1) is 0 Å². The van der Waals surface area contributed by atoms with Gasteiger partial charge in [-0.1, -0.05) is 0 Å². The highest BCUT2D eigenvalue weighted by atomic mass is 19.1. The predicted octanol–water partition coefficient (Wildman–Crippen LogP) is 2.20. The monoisotopic (exact) mass is 381 g/mol. The molecule has 1 aromatic carbocycles. The molecule has 1 aliphatic rings. The number of nitrogens with one attached hydrogen (secondary N) is 1. The summed E-state index contributed by atoms with van der Waals surface area (Å²) in [7, 11) is 0. The normalized spacial score (nSPS) is 18.0. The smallest absolute Gasteiger partial charge is 0.173 e. The molecule has 2 aromatic heterocycles. The molecule has 0 aliphatic carbocycles. The Kier molecular flexibility index (Phi) is 4.64. The minimum atomic E-state index is -0.446. The number of rotatable bonds is 3. The lowest BCUT2D eigenvalue weighted by molar-refractivity contribution is 0.485.